The average molecular weight is 521 g/mol. The number of carbonyl (C=O) groups is 4. The van der Waals surface area contributed by atoms with Crippen LogP contribution in [-0.2, 0) is 36.7 Å². The lowest BCUT2D eigenvalue weighted by atomic mass is 10.0. The molecule has 0 radical (unpaired) electrons. The Morgan fingerprint density at radius 1 is 0.889 bits per heavy atom. The van der Waals surface area contributed by atoms with Crippen LogP contribution in [-0.4, -0.2) is 50.7 Å². The van der Waals surface area contributed by atoms with Crippen molar-refractivity contribution in [2.45, 2.75) is 44.8 Å². The van der Waals surface area contributed by atoms with Crippen LogP contribution in [0.2, 0.25) is 0 Å². The third-order valence-electron chi connectivity index (χ3n) is 4.87. The van der Waals surface area contributed by atoms with Crippen molar-refractivity contribution in [3.63, 3.8) is 0 Å². The van der Waals surface area contributed by atoms with E-state index in [0.29, 0.717) is 5.56 Å². The molecule has 3 amide bonds. The smallest absolute Gasteiger partial charge is 0.481 e. The van der Waals surface area contributed by atoms with Gasteiger partial charge in [-0.25, -0.2) is 4.57 Å². The summed E-state index contributed by atoms with van der Waals surface area (Å²) < 4.78 is 15.4. The van der Waals surface area contributed by atoms with Crippen LogP contribution >= 0.6 is 7.82 Å². The minimum Gasteiger partial charge on any atom is -0.481 e. The molecule has 0 aromatic heterocycles. The number of benzene rings is 2. The van der Waals surface area contributed by atoms with E-state index in [-0.39, 0.29) is 31.6 Å². The Morgan fingerprint density at radius 2 is 1.53 bits per heavy atom. The van der Waals surface area contributed by atoms with Gasteiger partial charge in [0.1, 0.15) is 17.8 Å². The van der Waals surface area contributed by atoms with Crippen molar-refractivity contribution < 1.29 is 43.2 Å². The molecule has 0 saturated heterocycles. The number of carboxylic acid groups (broad SMARTS) is 1. The summed E-state index contributed by atoms with van der Waals surface area (Å²) in [5.74, 6) is -3.01. The molecule has 0 unspecified atom stereocenters. The van der Waals surface area contributed by atoms with Gasteiger partial charge in [-0.3, -0.25) is 29.0 Å². The summed E-state index contributed by atoms with van der Waals surface area (Å²) in [5.41, 5.74) is 1.34. The van der Waals surface area contributed by atoms with Gasteiger partial charge in [0.05, 0.1) is 0 Å². The number of phosphoric acid groups is 1. The van der Waals surface area contributed by atoms with Crippen molar-refractivity contribution in [3.8, 4) is 5.75 Å². The Morgan fingerprint density at radius 3 is 2.08 bits per heavy atom. The molecular weight excluding hydrogens is 493 g/mol. The Balaban J connectivity index is 2.11. The summed E-state index contributed by atoms with van der Waals surface area (Å²) in [6, 6.07) is 12.3. The molecule has 36 heavy (non-hydrogen) atoms. The van der Waals surface area contributed by atoms with E-state index >= 15 is 0 Å². The number of hydrogen-bond acceptors (Lipinski definition) is 6. The van der Waals surface area contributed by atoms with E-state index in [0.717, 1.165) is 5.56 Å². The van der Waals surface area contributed by atoms with Gasteiger partial charge < -0.3 is 25.6 Å². The van der Waals surface area contributed by atoms with Gasteiger partial charge in [0.25, 0.3) is 0 Å². The van der Waals surface area contributed by atoms with Gasteiger partial charge in [0, 0.05) is 26.3 Å². The second-order valence-corrected chi connectivity index (χ2v) is 9.04. The molecule has 0 aliphatic carbocycles. The van der Waals surface area contributed by atoms with Gasteiger partial charge in [-0.2, -0.15) is 0 Å². The van der Waals surface area contributed by atoms with Crippen LogP contribution in [0.5, 0.6) is 5.75 Å². The zero-order valence-corrected chi connectivity index (χ0v) is 20.3. The molecule has 0 heterocycles. The lowest BCUT2D eigenvalue weighted by molar-refractivity contribution is -0.138. The van der Waals surface area contributed by atoms with E-state index in [9.17, 15) is 23.7 Å². The topological polar surface area (TPSA) is 191 Å². The summed E-state index contributed by atoms with van der Waals surface area (Å²) in [4.78, 5) is 66.3. The van der Waals surface area contributed by atoms with Crippen LogP contribution in [0.15, 0.2) is 54.6 Å². The van der Waals surface area contributed by atoms with Crippen molar-refractivity contribution in [2.75, 3.05) is 0 Å². The van der Waals surface area contributed by atoms with Crippen molar-refractivity contribution in [2.24, 2.45) is 0 Å². The molecule has 2 aromatic carbocycles. The molecule has 2 atom stereocenters. The highest BCUT2D eigenvalue weighted by Crippen LogP contribution is 2.37. The first kappa shape index (κ1) is 28.5. The van der Waals surface area contributed by atoms with Crippen LogP contribution in [0.4, 0.5) is 0 Å². The van der Waals surface area contributed by atoms with E-state index in [2.05, 4.69) is 20.5 Å². The summed E-state index contributed by atoms with van der Waals surface area (Å²) in [7, 11) is -4.73. The number of amides is 3. The molecule has 0 aliphatic rings. The van der Waals surface area contributed by atoms with Gasteiger partial charge in [-0.15, -0.1) is 0 Å². The first-order valence-electron chi connectivity index (χ1n) is 10.9. The summed E-state index contributed by atoms with van der Waals surface area (Å²) in [6.45, 7) is 1.39. The average Bonchev–Trinajstić information content (AvgIpc) is 2.80. The van der Waals surface area contributed by atoms with E-state index in [1.807, 2.05) is 6.07 Å². The highest BCUT2D eigenvalue weighted by atomic mass is 31.2. The standard InChI is InChI=1S/C23H28N3O9P/c1-15(27)25-20(13-16-7-9-18(10-8-16)35-36(32,33)34)23(31)26-19(11-12-21(28)29)22(30)24-14-17-5-3-2-4-6-17/h2-10,19-20H,11-14H2,1H3,(H,24,30)(H,25,27)(H,26,31)(H,28,29)(H2,32,33,34)/t19-,20-/m0/s1. The molecule has 2 aromatic rings. The Bertz CT molecular complexity index is 1100. The Kier molecular flexibility index (Phi) is 10.6. The molecule has 6 N–H and O–H groups in total. The molecule has 13 heteroatoms. The number of carbonyl (C=O) groups excluding carboxylic acids is 3. The SMILES string of the molecule is CC(=O)N[C@@H](Cc1ccc(OP(=O)(O)O)cc1)C(=O)N[C@@H](CCC(=O)O)C(=O)NCc1ccccc1. The quantitative estimate of drug-likeness (QED) is 0.208. The Labute approximate surface area is 207 Å². The fraction of sp³-hybridized carbons (Fsp3) is 0.304. The van der Waals surface area contributed by atoms with E-state index in [1.54, 1.807) is 24.3 Å². The fourth-order valence-corrected chi connectivity index (χ4v) is 3.63. The van der Waals surface area contributed by atoms with Crippen LogP contribution < -0.4 is 20.5 Å². The van der Waals surface area contributed by atoms with Gasteiger partial charge in [0.15, 0.2) is 0 Å². The molecule has 0 fully saturated rings. The van der Waals surface area contributed by atoms with Crippen LogP contribution in [0.3, 0.4) is 0 Å². The van der Waals surface area contributed by atoms with Crippen LogP contribution in [0, 0.1) is 0 Å². The fourth-order valence-electron chi connectivity index (χ4n) is 3.23. The molecule has 0 bridgehead atoms. The highest BCUT2D eigenvalue weighted by Gasteiger charge is 2.27. The largest absolute Gasteiger partial charge is 0.524 e. The van der Waals surface area contributed by atoms with E-state index in [1.165, 1.54) is 31.2 Å². The molecule has 2 rings (SSSR count). The number of hydrogen-bond donors (Lipinski definition) is 6. The highest BCUT2D eigenvalue weighted by molar-refractivity contribution is 7.46. The van der Waals surface area contributed by atoms with Gasteiger partial charge in [-0.05, 0) is 29.7 Å². The minimum atomic E-state index is -4.73. The van der Waals surface area contributed by atoms with Crippen molar-refractivity contribution in [1.82, 2.24) is 16.0 Å². The first-order valence-corrected chi connectivity index (χ1v) is 12.4. The number of nitrogens with one attached hydrogen (secondary N) is 3. The zero-order chi connectivity index (χ0) is 26.7. The Hall–Kier alpha value is -3.73. The van der Waals surface area contributed by atoms with Gasteiger partial charge in [0.2, 0.25) is 17.7 Å². The first-order chi connectivity index (χ1) is 16.9. The van der Waals surface area contributed by atoms with Crippen molar-refractivity contribution in [3.05, 3.63) is 65.7 Å². The molecule has 194 valence electrons. The van der Waals surface area contributed by atoms with Crippen molar-refractivity contribution in [1.29, 1.82) is 0 Å². The van der Waals surface area contributed by atoms with Gasteiger partial charge in [-0.1, -0.05) is 42.5 Å². The number of carboxylic acids is 1. The maximum absolute atomic E-state index is 13.0. The summed E-state index contributed by atoms with van der Waals surface area (Å²) >= 11 is 0. The molecule has 0 spiro atoms. The second-order valence-electron chi connectivity index (χ2n) is 7.88. The number of phosphoric ester groups is 1. The van der Waals surface area contributed by atoms with Crippen molar-refractivity contribution >= 4 is 31.5 Å². The minimum absolute atomic E-state index is 0.0150. The number of rotatable bonds is 13. The molecule has 0 aliphatic heterocycles. The monoisotopic (exact) mass is 521 g/mol. The number of aliphatic carboxylic acids is 1. The predicted octanol–water partition coefficient (Wildman–Crippen LogP) is 0.871. The molecule has 0 saturated carbocycles. The lowest BCUT2D eigenvalue weighted by Gasteiger charge is -2.23. The van der Waals surface area contributed by atoms with E-state index in [4.69, 9.17) is 14.9 Å². The summed E-state index contributed by atoms with van der Waals surface area (Å²) in [5, 5.41) is 16.7. The second kappa shape index (κ2) is 13.4. The zero-order valence-electron chi connectivity index (χ0n) is 19.4. The maximum atomic E-state index is 13.0. The van der Waals surface area contributed by atoms with Gasteiger partial charge >= 0.3 is 13.8 Å². The molecular formula is C23H28N3O9P. The molecule has 12 nitrogen and oxygen atoms in total. The summed E-state index contributed by atoms with van der Waals surface area (Å²) in [6.07, 6.45) is -0.544. The van der Waals surface area contributed by atoms with Crippen LogP contribution in [0.1, 0.15) is 30.9 Å². The third kappa shape index (κ3) is 10.7. The normalized spacial score (nSPS) is 12.6. The van der Waals surface area contributed by atoms with Crippen LogP contribution in [0.25, 0.3) is 0 Å². The maximum Gasteiger partial charge on any atom is 0.524 e. The third-order valence-corrected chi connectivity index (χ3v) is 5.32. The predicted molar refractivity (Wildman–Crippen MR) is 128 cm³/mol. The lowest BCUT2D eigenvalue weighted by Crippen LogP contribution is -2.54. The van der Waals surface area contributed by atoms with E-state index < -0.39 is 43.6 Å².